The minimum atomic E-state index is -0.517. The zero-order chi connectivity index (χ0) is 36.9. The predicted molar refractivity (Wildman–Crippen MR) is 209 cm³/mol. The van der Waals surface area contributed by atoms with Crippen molar-refractivity contribution < 1.29 is 24.1 Å². The first-order chi connectivity index (χ1) is 25.9. The van der Waals surface area contributed by atoms with Crippen LogP contribution in [0.4, 0.5) is 11.4 Å². The summed E-state index contributed by atoms with van der Waals surface area (Å²) in [6.07, 6.45) is 1.22. The summed E-state index contributed by atoms with van der Waals surface area (Å²) in [4.78, 5) is 26.6. The molecule has 276 valence electrons. The normalized spacial score (nSPS) is 20.5. The second-order valence-corrected chi connectivity index (χ2v) is 12.8. The lowest BCUT2D eigenvalue weighted by molar-refractivity contribution is -0.244. The number of aliphatic imine (C=N–C) groups is 3. The van der Waals surface area contributed by atoms with Crippen molar-refractivity contribution in [1.29, 1.82) is 0 Å². The van der Waals surface area contributed by atoms with Gasteiger partial charge in [0.1, 0.15) is 29.4 Å². The highest BCUT2D eigenvalue weighted by Crippen LogP contribution is 2.39. The van der Waals surface area contributed by atoms with Crippen molar-refractivity contribution in [2.45, 2.75) is 38.6 Å². The van der Waals surface area contributed by atoms with Gasteiger partial charge >= 0.3 is 0 Å². The molecule has 1 amide bonds. The standard InChI is InChI=1S/C41H47N7O5/c1-3-29-28-36(42-22-24-51-26-27-52-25-23-43-38(50)30-10-6-4-7-11-30)46-40(45-34-18-20-35(49)21-19-34)47-37(29)44-33-16-14-31(15-17-33)39-48-41(2,53-39)32-12-8-5-9-13-32/h4-21,29,39,48-49H,3,22-28H2,1-2H3,(H,43,50)(H2,42,44,45,46,47). The molecule has 0 spiro atoms. The van der Waals surface area contributed by atoms with E-state index in [2.05, 4.69) is 40.3 Å². The molecule has 2 heterocycles. The van der Waals surface area contributed by atoms with Crippen LogP contribution >= 0.6 is 0 Å². The fourth-order valence-electron chi connectivity index (χ4n) is 5.94. The molecule has 1 saturated heterocycles. The Hall–Kier alpha value is -5.40. The highest BCUT2D eigenvalue weighted by Gasteiger charge is 2.42. The molecule has 0 saturated carbocycles. The molecule has 0 bridgehead atoms. The second-order valence-electron chi connectivity index (χ2n) is 12.8. The maximum absolute atomic E-state index is 12.1. The topological polar surface area (TPSA) is 150 Å². The van der Waals surface area contributed by atoms with Crippen molar-refractivity contribution >= 4 is 34.9 Å². The number of hydrogen-bond acceptors (Lipinski definition) is 10. The molecule has 3 atom stereocenters. The zero-order valence-corrected chi connectivity index (χ0v) is 30.1. The number of carbonyl (C=O) groups excluding carboxylic acids is 1. The molecule has 53 heavy (non-hydrogen) atoms. The summed E-state index contributed by atoms with van der Waals surface area (Å²) in [6, 6.07) is 34.1. The van der Waals surface area contributed by atoms with Gasteiger partial charge in [-0.25, -0.2) is 0 Å². The molecule has 1 fully saturated rings. The number of nitrogens with one attached hydrogen (secondary N) is 4. The average molecular weight is 718 g/mol. The van der Waals surface area contributed by atoms with Crippen molar-refractivity contribution in [3.63, 3.8) is 0 Å². The molecular weight excluding hydrogens is 670 g/mol. The van der Waals surface area contributed by atoms with E-state index in [9.17, 15) is 9.90 Å². The number of aromatic hydroxyl groups is 1. The number of rotatable bonds is 15. The first-order valence-corrected chi connectivity index (χ1v) is 18.0. The van der Waals surface area contributed by atoms with E-state index in [0.29, 0.717) is 63.3 Å². The Labute approximate surface area is 310 Å². The zero-order valence-electron chi connectivity index (χ0n) is 30.1. The molecule has 2 aliphatic rings. The van der Waals surface area contributed by atoms with Gasteiger partial charge in [0.25, 0.3) is 5.91 Å². The fraction of sp³-hybridized carbons (Fsp3) is 0.317. The summed E-state index contributed by atoms with van der Waals surface area (Å²) in [6.45, 7) is 6.65. The number of anilines is 2. The number of guanidine groups is 1. The summed E-state index contributed by atoms with van der Waals surface area (Å²) in [5, 5.41) is 23.0. The molecule has 12 nitrogen and oxygen atoms in total. The van der Waals surface area contributed by atoms with Crippen LogP contribution in [0.1, 0.15) is 54.4 Å². The summed E-state index contributed by atoms with van der Waals surface area (Å²) >= 11 is 0. The maximum Gasteiger partial charge on any atom is 0.251 e. The Morgan fingerprint density at radius 2 is 1.51 bits per heavy atom. The third kappa shape index (κ3) is 10.6. The second kappa shape index (κ2) is 18.4. The van der Waals surface area contributed by atoms with E-state index in [1.54, 1.807) is 36.4 Å². The van der Waals surface area contributed by atoms with Crippen LogP contribution in [0, 0.1) is 5.92 Å². The van der Waals surface area contributed by atoms with Crippen molar-refractivity contribution in [2.75, 3.05) is 50.2 Å². The third-order valence-corrected chi connectivity index (χ3v) is 8.93. The molecule has 0 radical (unpaired) electrons. The van der Waals surface area contributed by atoms with Crippen LogP contribution in [0.2, 0.25) is 0 Å². The van der Waals surface area contributed by atoms with E-state index in [1.807, 2.05) is 67.6 Å². The summed E-state index contributed by atoms with van der Waals surface area (Å²) in [5.41, 5.74) is 3.86. The number of amides is 1. The maximum atomic E-state index is 12.1. The third-order valence-electron chi connectivity index (χ3n) is 8.93. The van der Waals surface area contributed by atoms with Gasteiger partial charge in [-0.05, 0) is 73.0 Å². The molecule has 12 heteroatoms. The minimum absolute atomic E-state index is 0.0382. The van der Waals surface area contributed by atoms with E-state index in [0.717, 1.165) is 34.8 Å². The summed E-state index contributed by atoms with van der Waals surface area (Å²) in [5.74, 6) is 1.93. The van der Waals surface area contributed by atoms with Gasteiger partial charge in [0.15, 0.2) is 0 Å². The van der Waals surface area contributed by atoms with Crippen LogP contribution in [0.25, 0.3) is 0 Å². The first-order valence-electron chi connectivity index (χ1n) is 18.0. The number of nitrogens with zero attached hydrogens (tertiary/aromatic N) is 3. The van der Waals surface area contributed by atoms with Crippen molar-refractivity contribution in [2.24, 2.45) is 20.9 Å². The molecule has 3 unspecified atom stereocenters. The van der Waals surface area contributed by atoms with E-state index in [1.165, 1.54) is 0 Å². The summed E-state index contributed by atoms with van der Waals surface area (Å²) in [7, 11) is 0. The van der Waals surface area contributed by atoms with Gasteiger partial charge in [0.05, 0.1) is 33.0 Å². The smallest absolute Gasteiger partial charge is 0.251 e. The van der Waals surface area contributed by atoms with Gasteiger partial charge in [-0.15, -0.1) is 0 Å². The van der Waals surface area contributed by atoms with Gasteiger partial charge < -0.3 is 35.3 Å². The lowest BCUT2D eigenvalue weighted by Crippen LogP contribution is -2.56. The Morgan fingerprint density at radius 1 is 0.868 bits per heavy atom. The van der Waals surface area contributed by atoms with Crippen LogP contribution in [0.5, 0.6) is 5.75 Å². The summed E-state index contributed by atoms with van der Waals surface area (Å²) < 4.78 is 17.6. The monoisotopic (exact) mass is 717 g/mol. The predicted octanol–water partition coefficient (Wildman–Crippen LogP) is 6.45. The molecule has 0 aliphatic carbocycles. The Morgan fingerprint density at radius 3 is 2.21 bits per heavy atom. The fourth-order valence-corrected chi connectivity index (χ4v) is 5.94. The highest BCUT2D eigenvalue weighted by atomic mass is 16.6. The number of phenolic OH excluding ortho intramolecular Hbond substituents is 1. The number of amidine groups is 2. The molecule has 2 aliphatic heterocycles. The van der Waals surface area contributed by atoms with E-state index in [-0.39, 0.29) is 23.8 Å². The molecule has 0 aromatic heterocycles. The number of benzene rings is 4. The van der Waals surface area contributed by atoms with E-state index < -0.39 is 5.72 Å². The Kier molecular flexibility index (Phi) is 13.0. The van der Waals surface area contributed by atoms with E-state index >= 15 is 0 Å². The van der Waals surface area contributed by atoms with Crippen molar-refractivity contribution in [3.8, 4) is 5.75 Å². The van der Waals surface area contributed by atoms with Gasteiger partial charge in [-0.1, -0.05) is 67.6 Å². The van der Waals surface area contributed by atoms with Gasteiger partial charge in [0.2, 0.25) is 5.96 Å². The Bertz CT molecular complexity index is 1860. The van der Waals surface area contributed by atoms with Crippen molar-refractivity contribution in [1.82, 2.24) is 10.6 Å². The van der Waals surface area contributed by atoms with Crippen LogP contribution in [0.15, 0.2) is 124 Å². The van der Waals surface area contributed by atoms with Crippen LogP contribution in [-0.2, 0) is 19.9 Å². The Balaban J connectivity index is 1.01. The van der Waals surface area contributed by atoms with E-state index in [4.69, 9.17) is 29.2 Å². The molecular formula is C41H47N7O5. The number of hydrogen-bond donors (Lipinski definition) is 5. The van der Waals surface area contributed by atoms with Crippen LogP contribution in [-0.4, -0.2) is 68.2 Å². The highest BCUT2D eigenvalue weighted by molar-refractivity contribution is 6.14. The largest absolute Gasteiger partial charge is 0.508 e. The minimum Gasteiger partial charge on any atom is -0.508 e. The van der Waals surface area contributed by atoms with Gasteiger partial charge in [-0.2, -0.15) is 9.98 Å². The SMILES string of the molecule is CCC1CC(=NCCOCCOCCNC(=O)c2ccccc2)N=C(Nc2ccc(O)cc2)N=C1Nc1ccc(C2NC(C)(c3ccccc3)O2)cc1. The first kappa shape index (κ1) is 37.4. The molecule has 5 N–H and O–H groups in total. The number of phenols is 1. The molecule has 4 aromatic rings. The van der Waals surface area contributed by atoms with Crippen molar-refractivity contribution in [3.05, 3.63) is 126 Å². The molecule has 4 aromatic carbocycles. The van der Waals surface area contributed by atoms with Gasteiger partial charge in [-0.3, -0.25) is 15.1 Å². The van der Waals surface area contributed by atoms with Gasteiger partial charge in [0, 0.05) is 35.8 Å². The van der Waals surface area contributed by atoms with Crippen LogP contribution < -0.4 is 21.3 Å². The number of carbonyl (C=O) groups is 1. The lowest BCUT2D eigenvalue weighted by Gasteiger charge is -2.47. The lowest BCUT2D eigenvalue weighted by atomic mass is 9.99. The quantitative estimate of drug-likeness (QED) is 0.0696. The van der Waals surface area contributed by atoms with Crippen LogP contribution in [0.3, 0.4) is 0 Å². The average Bonchev–Trinajstić information content (AvgIpc) is 3.34. The molecule has 6 rings (SSSR count). The number of ether oxygens (including phenoxy) is 3.